The number of methoxy groups -OCH3 is 1. The van der Waals surface area contributed by atoms with E-state index >= 15 is 14.4 Å². The molecule has 69 heavy (non-hydrogen) atoms. The summed E-state index contributed by atoms with van der Waals surface area (Å²) in [4.78, 5) is 78.2. The van der Waals surface area contributed by atoms with Crippen molar-refractivity contribution >= 4 is 35.5 Å². The van der Waals surface area contributed by atoms with Gasteiger partial charge in [0.1, 0.15) is 35.5 Å². The number of benzene rings is 4. The number of imide groups is 1. The lowest BCUT2D eigenvalue weighted by Crippen LogP contribution is -2.59. The van der Waals surface area contributed by atoms with Gasteiger partial charge in [0.2, 0.25) is 17.8 Å². The van der Waals surface area contributed by atoms with E-state index in [2.05, 4.69) is 21.8 Å². The van der Waals surface area contributed by atoms with Gasteiger partial charge in [0.25, 0.3) is 0 Å². The van der Waals surface area contributed by atoms with E-state index in [0.29, 0.717) is 48.6 Å². The summed E-state index contributed by atoms with van der Waals surface area (Å²) in [5, 5.41) is 22.5. The topological polar surface area (TPSA) is 175 Å². The Bertz CT molecular complexity index is 2750. The van der Waals surface area contributed by atoms with Crippen LogP contribution in [0, 0.1) is 17.8 Å². The van der Waals surface area contributed by atoms with Crippen molar-refractivity contribution in [1.29, 1.82) is 0 Å². The van der Waals surface area contributed by atoms with Crippen LogP contribution >= 0.6 is 0 Å². The fourth-order valence-corrected chi connectivity index (χ4v) is 11.3. The molecule has 1 aromatic heterocycles. The molecule has 354 valence electrons. The number of carbonyl (C=O) groups is 4. The Morgan fingerprint density at radius 1 is 0.783 bits per heavy atom. The van der Waals surface area contributed by atoms with E-state index < -0.39 is 65.0 Å². The molecule has 10 rings (SSSR count). The lowest BCUT2D eigenvalue weighted by molar-refractivity contribution is -0.179. The van der Waals surface area contributed by atoms with Crippen LogP contribution in [0.1, 0.15) is 84.5 Å². The molecule has 1 aliphatic carbocycles. The summed E-state index contributed by atoms with van der Waals surface area (Å²) in [6.45, 7) is 1.03. The minimum Gasteiger partial charge on any atom is -0.508 e. The van der Waals surface area contributed by atoms with Crippen molar-refractivity contribution in [3.63, 3.8) is 0 Å². The van der Waals surface area contributed by atoms with E-state index in [9.17, 15) is 15.0 Å². The third-order valence-corrected chi connectivity index (χ3v) is 14.4. The Labute approximate surface area is 400 Å². The highest BCUT2D eigenvalue weighted by Gasteiger charge is 2.76. The van der Waals surface area contributed by atoms with Crippen molar-refractivity contribution in [2.75, 3.05) is 56.3 Å². The van der Waals surface area contributed by atoms with Crippen LogP contribution < -0.4 is 9.80 Å². The summed E-state index contributed by atoms with van der Waals surface area (Å²) < 4.78 is 17.6. The number of ether oxygens (including phenoxy) is 3. The number of amides is 3. The number of hydrogen-bond donors (Lipinski definition) is 2. The molecule has 0 unspecified atom stereocenters. The van der Waals surface area contributed by atoms with E-state index in [1.54, 1.807) is 53.7 Å². The molecule has 3 saturated heterocycles. The number of piperazine rings is 1. The average molecular weight is 931 g/mol. The fraction of sp³-hybridized carbons (Fsp3) is 0.370. The van der Waals surface area contributed by atoms with Gasteiger partial charge in [-0.15, -0.1) is 0 Å². The van der Waals surface area contributed by atoms with E-state index in [1.807, 2.05) is 70.5 Å². The smallest absolute Gasteiger partial charge is 0.421 e. The number of carbonyl (C=O) groups excluding carboxylic acids is 4. The number of fused-ring (bicyclic) bond motifs is 3. The van der Waals surface area contributed by atoms with Gasteiger partial charge in [-0.25, -0.2) is 19.7 Å². The molecule has 4 aromatic carbocycles. The number of phenolic OH excluding ortho intramolecular Hbond substituents is 1. The molecule has 6 atom stereocenters. The molecule has 1 spiro atoms. The monoisotopic (exact) mass is 930 g/mol. The minimum absolute atomic E-state index is 0.0365. The number of morpholine rings is 1. The van der Waals surface area contributed by atoms with Crippen molar-refractivity contribution in [3.05, 3.63) is 149 Å². The van der Waals surface area contributed by atoms with Crippen LogP contribution in [0.2, 0.25) is 0 Å². The van der Waals surface area contributed by atoms with Crippen LogP contribution in [0.15, 0.2) is 122 Å². The summed E-state index contributed by atoms with van der Waals surface area (Å²) in [6.07, 6.45) is 6.11. The van der Waals surface area contributed by atoms with Gasteiger partial charge in [-0.3, -0.25) is 19.3 Å². The molecule has 4 aliphatic heterocycles. The number of nitrogens with zero attached hydrogens (tertiary/aromatic N) is 6. The van der Waals surface area contributed by atoms with Crippen LogP contribution in [0.25, 0.3) is 0 Å². The SMILES string of the molecule is COCCOC(=O)N1C(=O)[C@@]2(c3cc(C#CC4(O)CCCCCC4)ccc31)[C@H](c1ccc(O)cc1)N1[C@H](c3ccccc3)[C@H](c3ccccc3)OC(=O)[C@H]1[C@@H]2C(=O)N1CCN(c2ncccn2)CC1. The number of cyclic esters (lactones) is 1. The zero-order valence-electron chi connectivity index (χ0n) is 38.4. The van der Waals surface area contributed by atoms with Crippen LogP contribution in [0.3, 0.4) is 0 Å². The summed E-state index contributed by atoms with van der Waals surface area (Å²) >= 11 is 0. The molecule has 3 amide bonds. The molecule has 15 nitrogen and oxygen atoms in total. The van der Waals surface area contributed by atoms with Gasteiger partial charge in [0.05, 0.1) is 30.3 Å². The average Bonchev–Trinajstić information content (AvgIpc) is 3.72. The zero-order valence-corrected chi connectivity index (χ0v) is 38.4. The molecule has 0 bridgehead atoms. The number of phenols is 1. The second kappa shape index (κ2) is 19.1. The molecule has 15 heteroatoms. The van der Waals surface area contributed by atoms with Crippen LogP contribution in [-0.4, -0.2) is 112 Å². The second-order valence-electron chi connectivity index (χ2n) is 18.4. The predicted octanol–water partition coefficient (Wildman–Crippen LogP) is 6.42. The highest BCUT2D eigenvalue weighted by molar-refractivity contribution is 6.23. The first-order chi connectivity index (χ1) is 33.6. The van der Waals surface area contributed by atoms with Gasteiger partial charge in [-0.05, 0) is 84.3 Å². The molecular formula is C54H54N6O9. The number of anilines is 2. The third-order valence-electron chi connectivity index (χ3n) is 14.4. The van der Waals surface area contributed by atoms with E-state index in [1.165, 1.54) is 19.2 Å². The second-order valence-corrected chi connectivity index (χ2v) is 18.4. The molecule has 5 aromatic rings. The summed E-state index contributed by atoms with van der Waals surface area (Å²) in [5.74, 6) is 3.40. The lowest BCUT2D eigenvalue weighted by atomic mass is 9.64. The van der Waals surface area contributed by atoms with Crippen molar-refractivity contribution < 1.29 is 43.6 Å². The maximum atomic E-state index is 16.5. The summed E-state index contributed by atoms with van der Waals surface area (Å²) in [6, 6.07) is 28.8. The lowest BCUT2D eigenvalue weighted by Gasteiger charge is -2.46. The van der Waals surface area contributed by atoms with Crippen LogP contribution in [-0.2, 0) is 34.0 Å². The Hall–Kier alpha value is -7.12. The Morgan fingerprint density at radius 2 is 1.45 bits per heavy atom. The highest BCUT2D eigenvalue weighted by Crippen LogP contribution is 2.66. The Morgan fingerprint density at radius 3 is 2.12 bits per heavy atom. The maximum Gasteiger partial charge on any atom is 0.421 e. The number of aliphatic hydroxyl groups is 1. The molecule has 0 radical (unpaired) electrons. The minimum atomic E-state index is -2.04. The van der Waals surface area contributed by atoms with Crippen molar-refractivity contribution in [1.82, 2.24) is 19.8 Å². The number of aromatic nitrogens is 2. The molecule has 5 aliphatic rings. The zero-order chi connectivity index (χ0) is 47.7. The van der Waals surface area contributed by atoms with Crippen molar-refractivity contribution in [2.24, 2.45) is 5.92 Å². The van der Waals surface area contributed by atoms with Crippen molar-refractivity contribution in [2.45, 2.75) is 73.8 Å². The maximum absolute atomic E-state index is 16.5. The Kier molecular flexibility index (Phi) is 12.6. The Balaban J connectivity index is 1.23. The molecule has 4 fully saturated rings. The number of aromatic hydroxyl groups is 1. The number of esters is 1. The molecule has 5 heterocycles. The van der Waals surface area contributed by atoms with E-state index in [4.69, 9.17) is 14.2 Å². The fourth-order valence-electron chi connectivity index (χ4n) is 11.3. The number of rotatable bonds is 8. The molecule has 2 N–H and O–H groups in total. The quantitative estimate of drug-likeness (QED) is 0.0756. The van der Waals surface area contributed by atoms with Gasteiger partial charge in [-0.2, -0.15) is 0 Å². The first-order valence-electron chi connectivity index (χ1n) is 23.7. The molecular weight excluding hydrogens is 877 g/mol. The summed E-state index contributed by atoms with van der Waals surface area (Å²) in [7, 11) is 1.47. The van der Waals surface area contributed by atoms with Gasteiger partial charge < -0.3 is 34.2 Å². The predicted molar refractivity (Wildman–Crippen MR) is 254 cm³/mol. The van der Waals surface area contributed by atoms with Gasteiger partial charge in [0, 0.05) is 51.2 Å². The van der Waals surface area contributed by atoms with Crippen LogP contribution in [0.4, 0.5) is 16.4 Å². The van der Waals surface area contributed by atoms with Gasteiger partial charge in [0.15, 0.2) is 0 Å². The number of hydrogen-bond acceptors (Lipinski definition) is 13. The third kappa shape index (κ3) is 8.26. The largest absolute Gasteiger partial charge is 0.508 e. The van der Waals surface area contributed by atoms with Gasteiger partial charge >= 0.3 is 12.1 Å². The van der Waals surface area contributed by atoms with Gasteiger partial charge in [-0.1, -0.05) is 97.5 Å². The van der Waals surface area contributed by atoms with E-state index in [-0.39, 0.29) is 43.3 Å². The van der Waals surface area contributed by atoms with Crippen molar-refractivity contribution in [3.8, 4) is 17.6 Å². The standard InChI is InChI=1S/C54H54N6O9/c1-67-33-34-68-52(65)59-42-22-17-36(23-26-53(66)24-10-2-3-11-25-53)35-41(42)54(50(59)64)43(48(62)57-29-31-58(32-30-57)51-55-27-12-28-56-51)45-49(63)69-46(38-15-8-5-9-16-38)44(37-13-6-4-7-14-37)60(45)47(54)39-18-20-40(61)21-19-39/h4-9,12-22,27-28,35,43-47,61,66H,2-3,10-11,24-25,29-34H2,1H3/t43-,44-,45-,46+,47+,54-/m1/s1. The van der Waals surface area contributed by atoms with Crippen LogP contribution in [0.5, 0.6) is 5.75 Å². The highest BCUT2D eigenvalue weighted by atomic mass is 16.6. The molecule has 1 saturated carbocycles. The first-order valence-corrected chi connectivity index (χ1v) is 23.7. The normalized spacial score (nSPS) is 25.2. The van der Waals surface area contributed by atoms with E-state index in [0.717, 1.165) is 36.1 Å². The first kappa shape index (κ1) is 45.7. The summed E-state index contributed by atoms with van der Waals surface area (Å²) in [5.41, 5.74) is -0.428.